The Morgan fingerprint density at radius 1 is 1.76 bits per heavy atom. The van der Waals surface area contributed by atoms with Gasteiger partial charge in [0.15, 0.2) is 0 Å². The molecule has 0 saturated carbocycles. The van der Waals surface area contributed by atoms with Crippen molar-refractivity contribution in [2.75, 3.05) is 13.1 Å². The highest BCUT2D eigenvalue weighted by Gasteiger charge is 2.37. The van der Waals surface area contributed by atoms with E-state index < -0.39 is 11.4 Å². The number of aliphatic carboxylic acids is 1. The van der Waals surface area contributed by atoms with Crippen LogP contribution in [-0.4, -0.2) is 34.0 Å². The molecule has 0 radical (unpaired) electrons. The van der Waals surface area contributed by atoms with E-state index in [0.717, 1.165) is 24.4 Å². The molecule has 2 heterocycles. The Morgan fingerprint density at radius 3 is 3.12 bits per heavy atom. The summed E-state index contributed by atoms with van der Waals surface area (Å²) >= 11 is 7.28. The van der Waals surface area contributed by atoms with E-state index in [0.29, 0.717) is 17.4 Å². The number of aromatic nitrogens is 1. The number of rotatable bonds is 3. The fourth-order valence-corrected chi connectivity index (χ4v) is 3.21. The molecule has 1 saturated heterocycles. The van der Waals surface area contributed by atoms with Crippen molar-refractivity contribution in [3.63, 3.8) is 0 Å². The van der Waals surface area contributed by atoms with Gasteiger partial charge in [0.05, 0.1) is 18.2 Å². The van der Waals surface area contributed by atoms with Crippen LogP contribution < -0.4 is 0 Å². The van der Waals surface area contributed by atoms with Crippen LogP contribution >= 0.6 is 22.9 Å². The van der Waals surface area contributed by atoms with Crippen LogP contribution in [0, 0.1) is 5.41 Å². The van der Waals surface area contributed by atoms with Crippen LogP contribution in [0.15, 0.2) is 6.20 Å². The van der Waals surface area contributed by atoms with E-state index in [1.54, 1.807) is 6.20 Å². The van der Waals surface area contributed by atoms with Gasteiger partial charge in [-0.1, -0.05) is 11.6 Å². The van der Waals surface area contributed by atoms with E-state index >= 15 is 0 Å². The third-order valence-electron chi connectivity index (χ3n) is 3.18. The predicted molar refractivity (Wildman–Crippen MR) is 67.4 cm³/mol. The van der Waals surface area contributed by atoms with E-state index in [2.05, 4.69) is 9.88 Å². The molecule has 1 N–H and O–H groups in total. The molecule has 4 nitrogen and oxygen atoms in total. The number of nitrogens with zero attached hydrogens (tertiary/aromatic N) is 2. The maximum Gasteiger partial charge on any atom is 0.310 e. The molecule has 0 aromatic carbocycles. The molecule has 0 aliphatic carbocycles. The van der Waals surface area contributed by atoms with E-state index in [4.69, 9.17) is 11.6 Å². The van der Waals surface area contributed by atoms with Crippen molar-refractivity contribution < 1.29 is 9.90 Å². The molecule has 0 amide bonds. The number of carbonyl (C=O) groups is 1. The molecule has 0 bridgehead atoms. The smallest absolute Gasteiger partial charge is 0.310 e. The van der Waals surface area contributed by atoms with Gasteiger partial charge in [-0.25, -0.2) is 4.98 Å². The van der Waals surface area contributed by atoms with E-state index in [-0.39, 0.29) is 0 Å². The zero-order valence-corrected chi connectivity index (χ0v) is 11.2. The summed E-state index contributed by atoms with van der Waals surface area (Å²) in [5, 5.41) is 10.2. The van der Waals surface area contributed by atoms with Crippen molar-refractivity contribution in [3.8, 4) is 0 Å². The monoisotopic (exact) mass is 274 g/mol. The molecular formula is C11H15ClN2O2S. The van der Waals surface area contributed by atoms with Crippen molar-refractivity contribution in [3.05, 3.63) is 15.5 Å². The van der Waals surface area contributed by atoms with Crippen molar-refractivity contribution in [1.29, 1.82) is 0 Å². The lowest BCUT2D eigenvalue weighted by molar-refractivity contribution is -0.151. The highest BCUT2D eigenvalue weighted by atomic mass is 35.5. The first-order chi connectivity index (χ1) is 7.99. The van der Waals surface area contributed by atoms with Crippen molar-refractivity contribution in [1.82, 2.24) is 9.88 Å². The topological polar surface area (TPSA) is 53.4 Å². The Bertz CT molecular complexity index is 423. The maximum atomic E-state index is 11.2. The third-order valence-corrected chi connectivity index (χ3v) is 4.28. The van der Waals surface area contributed by atoms with Gasteiger partial charge in [0, 0.05) is 6.54 Å². The average molecular weight is 275 g/mol. The summed E-state index contributed by atoms with van der Waals surface area (Å²) < 4.78 is 0.679. The van der Waals surface area contributed by atoms with E-state index in [9.17, 15) is 9.90 Å². The van der Waals surface area contributed by atoms with E-state index in [1.807, 2.05) is 6.92 Å². The number of carboxylic acids is 1. The SMILES string of the molecule is CC1(C(=O)O)CCCN(Cc2ncc(Cl)s2)C1. The van der Waals surface area contributed by atoms with Crippen molar-refractivity contribution in [2.24, 2.45) is 5.41 Å². The minimum absolute atomic E-state index is 0.583. The first-order valence-electron chi connectivity index (χ1n) is 5.55. The molecule has 94 valence electrons. The number of likely N-dealkylation sites (tertiary alicyclic amines) is 1. The normalized spacial score (nSPS) is 26.0. The van der Waals surface area contributed by atoms with Crippen LogP contribution in [0.3, 0.4) is 0 Å². The quantitative estimate of drug-likeness (QED) is 0.920. The second kappa shape index (κ2) is 4.92. The van der Waals surface area contributed by atoms with Gasteiger partial charge in [-0.15, -0.1) is 11.3 Å². The van der Waals surface area contributed by atoms with Crippen LogP contribution in [0.1, 0.15) is 24.8 Å². The van der Waals surface area contributed by atoms with Gasteiger partial charge in [0.1, 0.15) is 9.34 Å². The Morgan fingerprint density at radius 2 is 2.53 bits per heavy atom. The fraction of sp³-hybridized carbons (Fsp3) is 0.636. The first-order valence-corrected chi connectivity index (χ1v) is 6.75. The Balaban J connectivity index is 2.00. The summed E-state index contributed by atoms with van der Waals surface area (Å²) in [7, 11) is 0. The number of halogens is 1. The average Bonchev–Trinajstić information content (AvgIpc) is 2.64. The second-order valence-electron chi connectivity index (χ2n) is 4.74. The second-order valence-corrected chi connectivity index (χ2v) is 6.48. The third kappa shape index (κ3) is 2.97. The number of thiazole rings is 1. The molecule has 6 heteroatoms. The molecule has 1 unspecified atom stereocenters. The standard InChI is InChI=1S/C11H15ClN2O2S/c1-11(10(15)16)3-2-4-14(7-11)6-9-13-5-8(12)17-9/h5H,2-4,6-7H2,1H3,(H,15,16). The van der Waals surface area contributed by atoms with Crippen LogP contribution in [0.25, 0.3) is 0 Å². The number of hydrogen-bond donors (Lipinski definition) is 1. The zero-order chi connectivity index (χ0) is 12.5. The van der Waals surface area contributed by atoms with Crippen LogP contribution in [-0.2, 0) is 11.3 Å². The van der Waals surface area contributed by atoms with Crippen LogP contribution in [0.5, 0.6) is 0 Å². The van der Waals surface area contributed by atoms with Gasteiger partial charge in [-0.05, 0) is 26.3 Å². The Hall–Kier alpha value is -0.650. The maximum absolute atomic E-state index is 11.2. The van der Waals surface area contributed by atoms with Crippen LogP contribution in [0.2, 0.25) is 4.34 Å². The summed E-state index contributed by atoms with van der Waals surface area (Å²) in [5.41, 5.74) is -0.626. The molecule has 1 atom stereocenters. The van der Waals surface area contributed by atoms with Gasteiger partial charge < -0.3 is 5.11 Å². The lowest BCUT2D eigenvalue weighted by Gasteiger charge is -2.37. The lowest BCUT2D eigenvalue weighted by Crippen LogP contribution is -2.45. The van der Waals surface area contributed by atoms with Gasteiger partial charge in [-0.3, -0.25) is 9.69 Å². The Kier molecular flexibility index (Phi) is 3.70. The molecule has 1 aliphatic heterocycles. The molecule has 1 aliphatic rings. The first kappa shape index (κ1) is 12.8. The molecule has 2 rings (SSSR count). The summed E-state index contributed by atoms with van der Waals surface area (Å²) in [4.78, 5) is 17.6. The summed E-state index contributed by atoms with van der Waals surface area (Å²) in [5.74, 6) is -0.709. The molecule has 1 aromatic heterocycles. The van der Waals surface area contributed by atoms with Crippen molar-refractivity contribution in [2.45, 2.75) is 26.3 Å². The van der Waals surface area contributed by atoms with E-state index in [1.165, 1.54) is 11.3 Å². The Labute approximate surface area is 109 Å². The molecule has 0 spiro atoms. The molecule has 1 fully saturated rings. The highest BCUT2D eigenvalue weighted by molar-refractivity contribution is 7.15. The molecule has 1 aromatic rings. The van der Waals surface area contributed by atoms with Crippen LogP contribution in [0.4, 0.5) is 0 Å². The molecule has 17 heavy (non-hydrogen) atoms. The van der Waals surface area contributed by atoms with Gasteiger partial charge in [0.25, 0.3) is 0 Å². The number of piperidine rings is 1. The van der Waals surface area contributed by atoms with Crippen molar-refractivity contribution >= 4 is 28.9 Å². The van der Waals surface area contributed by atoms with Gasteiger partial charge in [-0.2, -0.15) is 0 Å². The zero-order valence-electron chi connectivity index (χ0n) is 9.65. The van der Waals surface area contributed by atoms with Gasteiger partial charge in [0.2, 0.25) is 0 Å². The minimum Gasteiger partial charge on any atom is -0.481 e. The predicted octanol–water partition coefficient (Wildman–Crippen LogP) is 2.48. The summed E-state index contributed by atoms with van der Waals surface area (Å²) in [6, 6.07) is 0. The lowest BCUT2D eigenvalue weighted by atomic mass is 9.82. The minimum atomic E-state index is -0.709. The summed E-state index contributed by atoms with van der Waals surface area (Å²) in [6.07, 6.45) is 3.31. The fourth-order valence-electron chi connectivity index (χ4n) is 2.21. The number of hydrogen-bond acceptors (Lipinski definition) is 4. The highest BCUT2D eigenvalue weighted by Crippen LogP contribution is 2.31. The summed E-state index contributed by atoms with van der Waals surface area (Å²) in [6.45, 7) is 4.02. The molecular weight excluding hydrogens is 260 g/mol. The largest absolute Gasteiger partial charge is 0.481 e. The number of carboxylic acid groups (broad SMARTS) is 1. The van der Waals surface area contributed by atoms with Gasteiger partial charge >= 0.3 is 5.97 Å².